The molecule has 4 heteroatoms. The van der Waals surface area contributed by atoms with E-state index in [9.17, 15) is 0 Å². The summed E-state index contributed by atoms with van der Waals surface area (Å²) in [6, 6.07) is 6.86. The first-order chi connectivity index (χ1) is 10.0. The van der Waals surface area contributed by atoms with Crippen molar-refractivity contribution in [1.82, 2.24) is 5.32 Å². The van der Waals surface area contributed by atoms with E-state index in [2.05, 4.69) is 32.2 Å². The molecule has 21 heavy (non-hydrogen) atoms. The zero-order valence-electron chi connectivity index (χ0n) is 13.7. The van der Waals surface area contributed by atoms with Crippen LogP contribution in [0.15, 0.2) is 18.2 Å². The number of benzene rings is 1. The van der Waals surface area contributed by atoms with Gasteiger partial charge >= 0.3 is 0 Å². The fourth-order valence-corrected chi connectivity index (χ4v) is 3.11. The third kappa shape index (κ3) is 4.11. The van der Waals surface area contributed by atoms with Gasteiger partial charge in [0.25, 0.3) is 0 Å². The second-order valence-corrected chi connectivity index (χ2v) is 5.93. The molecule has 1 N–H and O–H groups in total. The summed E-state index contributed by atoms with van der Waals surface area (Å²) >= 11 is 0. The van der Waals surface area contributed by atoms with Crippen LogP contribution in [0.3, 0.4) is 0 Å². The van der Waals surface area contributed by atoms with Gasteiger partial charge in [-0.15, -0.1) is 0 Å². The number of hydrogen-bond acceptors (Lipinski definition) is 4. The first-order valence-electron chi connectivity index (χ1n) is 7.67. The van der Waals surface area contributed by atoms with E-state index in [0.717, 1.165) is 24.3 Å². The monoisotopic (exact) mass is 293 g/mol. The highest BCUT2D eigenvalue weighted by Crippen LogP contribution is 2.30. The Kier molecular flexibility index (Phi) is 5.48. The van der Waals surface area contributed by atoms with Crippen LogP contribution >= 0.6 is 0 Å². The summed E-state index contributed by atoms with van der Waals surface area (Å²) in [6.07, 6.45) is 2.76. The number of ether oxygens (including phenoxy) is 3. The summed E-state index contributed by atoms with van der Waals surface area (Å²) in [5.74, 6) is 1.54. The smallest absolute Gasteiger partial charge is 0.161 e. The first-order valence-corrected chi connectivity index (χ1v) is 7.67. The molecule has 0 saturated carbocycles. The molecule has 0 bridgehead atoms. The normalized spacial score (nSPS) is 27.2. The molecule has 1 heterocycles. The van der Waals surface area contributed by atoms with Gasteiger partial charge < -0.3 is 19.5 Å². The van der Waals surface area contributed by atoms with E-state index in [1.54, 1.807) is 14.2 Å². The van der Waals surface area contributed by atoms with Gasteiger partial charge in [-0.05, 0) is 51.3 Å². The Morgan fingerprint density at radius 2 is 1.71 bits per heavy atom. The second kappa shape index (κ2) is 7.14. The Hall–Kier alpha value is -1.26. The molecule has 3 unspecified atom stereocenters. The predicted octanol–water partition coefficient (Wildman–Crippen LogP) is 3.31. The molecule has 0 aliphatic carbocycles. The van der Waals surface area contributed by atoms with Gasteiger partial charge in [0, 0.05) is 12.1 Å². The van der Waals surface area contributed by atoms with E-state index in [1.165, 1.54) is 5.56 Å². The molecule has 118 valence electrons. The maximum absolute atomic E-state index is 5.79. The lowest BCUT2D eigenvalue weighted by Crippen LogP contribution is -2.42. The number of hydrogen-bond donors (Lipinski definition) is 1. The average molecular weight is 293 g/mol. The number of methoxy groups -OCH3 is 2. The standard InChI is InChI=1S/C17H27NO3/c1-11-8-15(9-12(2)21-11)18-13(3)14-6-7-16(19-4)17(10-14)20-5/h6-7,10-13,15,18H,8-9H2,1-5H3. The summed E-state index contributed by atoms with van der Waals surface area (Å²) in [7, 11) is 3.32. The third-order valence-electron chi connectivity index (χ3n) is 4.09. The maximum atomic E-state index is 5.79. The van der Waals surface area contributed by atoms with E-state index < -0.39 is 0 Å². The molecule has 1 saturated heterocycles. The van der Waals surface area contributed by atoms with Gasteiger partial charge in [-0.3, -0.25) is 0 Å². The SMILES string of the molecule is COc1ccc(C(C)NC2CC(C)OC(C)C2)cc1OC. The van der Waals surface area contributed by atoms with E-state index in [-0.39, 0.29) is 6.04 Å². The Bertz CT molecular complexity index is 453. The molecular weight excluding hydrogens is 266 g/mol. The van der Waals surface area contributed by atoms with Crippen LogP contribution in [-0.2, 0) is 4.74 Å². The van der Waals surface area contributed by atoms with Crippen LogP contribution in [0, 0.1) is 0 Å². The Morgan fingerprint density at radius 1 is 1.10 bits per heavy atom. The van der Waals surface area contributed by atoms with Gasteiger partial charge in [-0.2, -0.15) is 0 Å². The average Bonchev–Trinajstić information content (AvgIpc) is 2.45. The second-order valence-electron chi connectivity index (χ2n) is 5.93. The quantitative estimate of drug-likeness (QED) is 0.904. The molecule has 0 aromatic heterocycles. The Balaban J connectivity index is 2.04. The highest BCUT2D eigenvalue weighted by atomic mass is 16.5. The highest BCUT2D eigenvalue weighted by Gasteiger charge is 2.25. The fraction of sp³-hybridized carbons (Fsp3) is 0.647. The lowest BCUT2D eigenvalue weighted by Gasteiger charge is -2.34. The molecule has 1 aliphatic heterocycles. The maximum Gasteiger partial charge on any atom is 0.161 e. The molecule has 1 aliphatic rings. The van der Waals surface area contributed by atoms with E-state index in [4.69, 9.17) is 14.2 Å². The summed E-state index contributed by atoms with van der Waals surface area (Å²) in [4.78, 5) is 0. The van der Waals surface area contributed by atoms with E-state index >= 15 is 0 Å². The van der Waals surface area contributed by atoms with Crippen molar-refractivity contribution in [1.29, 1.82) is 0 Å². The van der Waals surface area contributed by atoms with Crippen LogP contribution in [0.1, 0.15) is 45.2 Å². The van der Waals surface area contributed by atoms with Gasteiger partial charge in [0.15, 0.2) is 11.5 Å². The molecule has 3 atom stereocenters. The minimum atomic E-state index is 0.271. The summed E-state index contributed by atoms with van der Waals surface area (Å²) in [5, 5.41) is 3.71. The number of nitrogens with one attached hydrogen (secondary N) is 1. The fourth-order valence-electron chi connectivity index (χ4n) is 3.11. The zero-order valence-corrected chi connectivity index (χ0v) is 13.7. The topological polar surface area (TPSA) is 39.7 Å². The van der Waals surface area contributed by atoms with Crippen molar-refractivity contribution in [3.05, 3.63) is 23.8 Å². The van der Waals surface area contributed by atoms with Crippen LogP contribution in [-0.4, -0.2) is 32.5 Å². The van der Waals surface area contributed by atoms with Crippen LogP contribution in [0.5, 0.6) is 11.5 Å². The first kappa shape index (κ1) is 16.1. The van der Waals surface area contributed by atoms with E-state index in [1.807, 2.05) is 12.1 Å². The van der Waals surface area contributed by atoms with Crippen molar-refractivity contribution < 1.29 is 14.2 Å². The summed E-state index contributed by atoms with van der Waals surface area (Å²) in [5.41, 5.74) is 1.21. The minimum Gasteiger partial charge on any atom is -0.493 e. The summed E-state index contributed by atoms with van der Waals surface area (Å²) in [6.45, 7) is 6.48. The van der Waals surface area contributed by atoms with Gasteiger partial charge in [-0.1, -0.05) is 6.07 Å². The zero-order chi connectivity index (χ0) is 15.4. The molecule has 2 rings (SSSR count). The lowest BCUT2D eigenvalue weighted by atomic mass is 9.97. The van der Waals surface area contributed by atoms with Gasteiger partial charge in [0.1, 0.15) is 0 Å². The Morgan fingerprint density at radius 3 is 2.29 bits per heavy atom. The van der Waals surface area contributed by atoms with Crippen molar-refractivity contribution >= 4 is 0 Å². The van der Waals surface area contributed by atoms with Gasteiger partial charge in [0.2, 0.25) is 0 Å². The predicted molar refractivity (Wildman–Crippen MR) is 84.1 cm³/mol. The molecule has 4 nitrogen and oxygen atoms in total. The molecule has 1 aromatic carbocycles. The molecule has 0 spiro atoms. The molecule has 1 fully saturated rings. The molecule has 1 aromatic rings. The summed E-state index contributed by atoms with van der Waals surface area (Å²) < 4.78 is 16.5. The van der Waals surface area contributed by atoms with Gasteiger partial charge in [-0.25, -0.2) is 0 Å². The number of rotatable bonds is 5. The van der Waals surface area contributed by atoms with Crippen molar-refractivity contribution in [2.45, 2.75) is 57.9 Å². The largest absolute Gasteiger partial charge is 0.493 e. The van der Waals surface area contributed by atoms with Crippen LogP contribution in [0.2, 0.25) is 0 Å². The van der Waals surface area contributed by atoms with Crippen molar-refractivity contribution in [2.24, 2.45) is 0 Å². The molecular formula is C17H27NO3. The third-order valence-corrected chi connectivity index (χ3v) is 4.09. The molecule has 0 radical (unpaired) electrons. The van der Waals surface area contributed by atoms with Gasteiger partial charge in [0.05, 0.1) is 26.4 Å². The van der Waals surface area contributed by atoms with Crippen LogP contribution in [0.25, 0.3) is 0 Å². The minimum absolute atomic E-state index is 0.271. The van der Waals surface area contributed by atoms with Crippen molar-refractivity contribution in [3.8, 4) is 11.5 Å². The van der Waals surface area contributed by atoms with Crippen LogP contribution in [0.4, 0.5) is 0 Å². The van der Waals surface area contributed by atoms with Crippen molar-refractivity contribution in [3.63, 3.8) is 0 Å². The Labute approximate surface area is 127 Å². The van der Waals surface area contributed by atoms with Crippen LogP contribution < -0.4 is 14.8 Å². The highest BCUT2D eigenvalue weighted by molar-refractivity contribution is 5.43. The van der Waals surface area contributed by atoms with E-state index in [0.29, 0.717) is 18.2 Å². The molecule has 0 amide bonds. The van der Waals surface area contributed by atoms with Crippen molar-refractivity contribution in [2.75, 3.05) is 14.2 Å². The lowest BCUT2D eigenvalue weighted by molar-refractivity contribution is -0.0433.